The molecule has 0 saturated heterocycles. The summed E-state index contributed by atoms with van der Waals surface area (Å²) in [6.07, 6.45) is 5.26. The van der Waals surface area contributed by atoms with E-state index in [0.717, 1.165) is 18.4 Å². The molecule has 2 aliphatic carbocycles. The van der Waals surface area contributed by atoms with Crippen LogP contribution in [0.4, 0.5) is 0 Å². The van der Waals surface area contributed by atoms with Crippen molar-refractivity contribution < 1.29 is 0 Å². The molecule has 0 aromatic rings. The van der Waals surface area contributed by atoms with Gasteiger partial charge in [0.05, 0.1) is 6.54 Å². The van der Waals surface area contributed by atoms with Crippen LogP contribution in [-0.2, 0) is 0 Å². The van der Waals surface area contributed by atoms with Crippen LogP contribution in [0.25, 0.3) is 0 Å². The van der Waals surface area contributed by atoms with Gasteiger partial charge in [0.15, 0.2) is 5.96 Å². The zero-order valence-corrected chi connectivity index (χ0v) is 13.4. The quantitative estimate of drug-likeness (QED) is 0.462. The first-order chi connectivity index (χ1) is 7.59. The number of hydrogen-bond acceptors (Lipinski definition) is 2. The first-order valence-corrected chi connectivity index (χ1v) is 6.28. The molecule has 2 rings (SSSR count). The molecule has 0 aromatic heterocycles. The summed E-state index contributed by atoms with van der Waals surface area (Å²) in [5.74, 6) is 1.56. The molecule has 0 bridgehead atoms. The third kappa shape index (κ3) is 4.28. The molecule has 0 amide bonds. The molecule has 4 nitrogen and oxygen atoms in total. The largest absolute Gasteiger partial charge is 0.370 e. The van der Waals surface area contributed by atoms with Gasteiger partial charge in [0.1, 0.15) is 0 Å². The van der Waals surface area contributed by atoms with Crippen LogP contribution >= 0.6 is 24.0 Å². The van der Waals surface area contributed by atoms with Crippen LogP contribution in [0.3, 0.4) is 0 Å². The normalized spacial score (nSPS) is 22.2. The zero-order chi connectivity index (χ0) is 11.7. The van der Waals surface area contributed by atoms with E-state index in [4.69, 9.17) is 5.73 Å². The minimum atomic E-state index is 0. The van der Waals surface area contributed by atoms with E-state index in [1.54, 1.807) is 0 Å². The minimum Gasteiger partial charge on any atom is -0.370 e. The molecule has 5 heteroatoms. The van der Waals surface area contributed by atoms with E-state index in [2.05, 4.69) is 35.9 Å². The molecular formula is C12H25IN4. The van der Waals surface area contributed by atoms with E-state index < -0.39 is 0 Å². The lowest BCUT2D eigenvalue weighted by molar-refractivity contribution is 0.270. The van der Waals surface area contributed by atoms with E-state index in [-0.39, 0.29) is 24.0 Å². The van der Waals surface area contributed by atoms with Crippen molar-refractivity contribution >= 4 is 29.9 Å². The fourth-order valence-electron chi connectivity index (χ4n) is 2.16. The van der Waals surface area contributed by atoms with Crippen molar-refractivity contribution in [2.24, 2.45) is 16.6 Å². The van der Waals surface area contributed by atoms with E-state index in [1.807, 2.05) is 0 Å². The molecule has 2 fully saturated rings. The SMILES string of the molecule is CN(C)C(CN=C(N)N(C)C1CC1)C1CC1.I. The molecule has 0 radical (unpaired) electrons. The molecule has 100 valence electrons. The average molecular weight is 352 g/mol. The van der Waals surface area contributed by atoms with Gasteiger partial charge in [-0.25, -0.2) is 0 Å². The summed E-state index contributed by atoms with van der Waals surface area (Å²) >= 11 is 0. The van der Waals surface area contributed by atoms with Crippen molar-refractivity contribution in [2.45, 2.75) is 37.8 Å². The molecular weight excluding hydrogens is 327 g/mol. The van der Waals surface area contributed by atoms with E-state index in [9.17, 15) is 0 Å². The lowest BCUT2D eigenvalue weighted by atomic mass is 10.2. The topological polar surface area (TPSA) is 44.9 Å². The Bertz CT molecular complexity index is 270. The summed E-state index contributed by atoms with van der Waals surface area (Å²) in [5.41, 5.74) is 5.98. The highest BCUT2D eigenvalue weighted by atomic mass is 127. The molecule has 0 aromatic carbocycles. The molecule has 1 atom stereocenters. The highest BCUT2D eigenvalue weighted by Crippen LogP contribution is 2.34. The third-order valence-corrected chi connectivity index (χ3v) is 3.73. The van der Waals surface area contributed by atoms with Crippen LogP contribution in [0.5, 0.6) is 0 Å². The highest BCUT2D eigenvalue weighted by molar-refractivity contribution is 14.0. The predicted molar refractivity (Wildman–Crippen MR) is 82.9 cm³/mol. The molecule has 17 heavy (non-hydrogen) atoms. The second-order valence-corrected chi connectivity index (χ2v) is 5.41. The Hall–Kier alpha value is -0.0400. The molecule has 2 saturated carbocycles. The van der Waals surface area contributed by atoms with Crippen molar-refractivity contribution in [3.8, 4) is 0 Å². The summed E-state index contributed by atoms with van der Waals surface area (Å²) in [6, 6.07) is 1.23. The summed E-state index contributed by atoms with van der Waals surface area (Å²) in [6.45, 7) is 0.848. The van der Waals surface area contributed by atoms with Crippen LogP contribution in [0.1, 0.15) is 25.7 Å². The minimum absolute atomic E-state index is 0. The molecule has 0 aliphatic heterocycles. The molecule has 2 aliphatic rings. The number of likely N-dealkylation sites (N-methyl/N-ethyl adjacent to an activating group) is 1. The van der Waals surface area contributed by atoms with Crippen molar-refractivity contribution in [2.75, 3.05) is 27.7 Å². The lowest BCUT2D eigenvalue weighted by Gasteiger charge is -2.23. The smallest absolute Gasteiger partial charge is 0.191 e. The Morgan fingerprint density at radius 3 is 2.24 bits per heavy atom. The molecule has 0 spiro atoms. The van der Waals surface area contributed by atoms with E-state index >= 15 is 0 Å². The fourth-order valence-corrected chi connectivity index (χ4v) is 2.16. The highest BCUT2D eigenvalue weighted by Gasteiger charge is 2.33. The molecule has 0 heterocycles. The van der Waals surface area contributed by atoms with Gasteiger partial charge in [-0.3, -0.25) is 4.99 Å². The Labute approximate surface area is 122 Å². The summed E-state index contributed by atoms with van der Waals surface area (Å²) in [5, 5.41) is 0. The Morgan fingerprint density at radius 2 is 1.82 bits per heavy atom. The first-order valence-electron chi connectivity index (χ1n) is 6.28. The maximum absolute atomic E-state index is 5.98. The summed E-state index contributed by atoms with van der Waals surface area (Å²) in [4.78, 5) is 8.95. The number of nitrogens with zero attached hydrogens (tertiary/aromatic N) is 3. The van der Waals surface area contributed by atoms with Gasteiger partial charge in [-0.2, -0.15) is 0 Å². The monoisotopic (exact) mass is 352 g/mol. The summed E-state index contributed by atoms with van der Waals surface area (Å²) < 4.78 is 0. The van der Waals surface area contributed by atoms with Crippen molar-refractivity contribution in [1.29, 1.82) is 0 Å². The van der Waals surface area contributed by atoms with Gasteiger partial charge in [-0.1, -0.05) is 0 Å². The van der Waals surface area contributed by atoms with Crippen molar-refractivity contribution in [3.63, 3.8) is 0 Å². The van der Waals surface area contributed by atoms with Gasteiger partial charge in [0.25, 0.3) is 0 Å². The van der Waals surface area contributed by atoms with Crippen LogP contribution < -0.4 is 5.73 Å². The number of guanidine groups is 1. The second kappa shape index (κ2) is 6.22. The molecule has 2 N–H and O–H groups in total. The van der Waals surface area contributed by atoms with Crippen LogP contribution in [0.2, 0.25) is 0 Å². The number of aliphatic imine (C=N–C) groups is 1. The molecule has 1 unspecified atom stereocenters. The van der Waals surface area contributed by atoms with Gasteiger partial charge in [0.2, 0.25) is 0 Å². The van der Waals surface area contributed by atoms with Gasteiger partial charge in [-0.15, -0.1) is 24.0 Å². The number of nitrogens with two attached hydrogens (primary N) is 1. The first kappa shape index (κ1) is 15.0. The number of rotatable bonds is 5. The number of halogens is 1. The van der Waals surface area contributed by atoms with Crippen LogP contribution in [-0.4, -0.2) is 55.5 Å². The van der Waals surface area contributed by atoms with E-state index in [0.29, 0.717) is 12.1 Å². The van der Waals surface area contributed by atoms with Gasteiger partial charge >= 0.3 is 0 Å². The average Bonchev–Trinajstić information content (AvgIpc) is 3.07. The zero-order valence-electron chi connectivity index (χ0n) is 11.1. The Morgan fingerprint density at radius 1 is 1.24 bits per heavy atom. The van der Waals surface area contributed by atoms with E-state index in [1.165, 1.54) is 25.7 Å². The van der Waals surface area contributed by atoms with Gasteiger partial charge < -0.3 is 15.5 Å². The fraction of sp³-hybridized carbons (Fsp3) is 0.917. The lowest BCUT2D eigenvalue weighted by Crippen LogP contribution is -2.38. The standard InChI is InChI=1S/C12H24N4.HI/c1-15(2)11(9-4-5-9)8-14-12(13)16(3)10-6-7-10;/h9-11H,4-8H2,1-3H3,(H2,13,14);1H. The van der Waals surface area contributed by atoms with Crippen LogP contribution in [0.15, 0.2) is 4.99 Å². The Balaban J connectivity index is 0.00000144. The van der Waals surface area contributed by atoms with Crippen molar-refractivity contribution in [1.82, 2.24) is 9.80 Å². The number of hydrogen-bond donors (Lipinski definition) is 1. The van der Waals surface area contributed by atoms with Crippen molar-refractivity contribution in [3.05, 3.63) is 0 Å². The van der Waals surface area contributed by atoms with Crippen LogP contribution in [0, 0.1) is 5.92 Å². The van der Waals surface area contributed by atoms with Gasteiger partial charge in [-0.05, 0) is 45.7 Å². The maximum Gasteiger partial charge on any atom is 0.191 e. The Kier molecular flexibility index (Phi) is 5.50. The summed E-state index contributed by atoms with van der Waals surface area (Å²) in [7, 11) is 6.33. The maximum atomic E-state index is 5.98. The van der Waals surface area contributed by atoms with Gasteiger partial charge in [0, 0.05) is 19.1 Å². The third-order valence-electron chi connectivity index (χ3n) is 3.73. The second-order valence-electron chi connectivity index (χ2n) is 5.41. The predicted octanol–water partition coefficient (Wildman–Crippen LogP) is 1.35.